The summed E-state index contributed by atoms with van der Waals surface area (Å²) >= 11 is 0. The fraction of sp³-hybridized carbons (Fsp3) is 0.733. The molecule has 1 saturated heterocycles. The Hall–Kier alpha value is -1.20. The standard InChI is InChI=1S/C15H26N4O/c1-11(2)8-12-9-14(20)17-15(16-12)13-10-18(3)6-5-7-19(13)4/h9,11,13H,5-8,10H2,1-4H3,(H,16,17,20). The molecule has 1 aliphatic rings. The second-order valence-electron chi connectivity index (χ2n) is 6.33. The van der Waals surface area contributed by atoms with Gasteiger partial charge in [-0.3, -0.25) is 9.69 Å². The third kappa shape index (κ3) is 3.90. The molecule has 0 spiro atoms. The highest BCUT2D eigenvalue weighted by Crippen LogP contribution is 2.19. The maximum Gasteiger partial charge on any atom is 0.251 e. The van der Waals surface area contributed by atoms with Gasteiger partial charge < -0.3 is 9.88 Å². The van der Waals surface area contributed by atoms with Crippen molar-refractivity contribution in [1.29, 1.82) is 0 Å². The van der Waals surface area contributed by atoms with Crippen LogP contribution in [-0.4, -0.2) is 53.5 Å². The van der Waals surface area contributed by atoms with E-state index in [-0.39, 0.29) is 11.6 Å². The smallest absolute Gasteiger partial charge is 0.251 e. The number of rotatable bonds is 3. The minimum absolute atomic E-state index is 0.0362. The van der Waals surface area contributed by atoms with Crippen LogP contribution in [0.15, 0.2) is 10.9 Å². The highest BCUT2D eigenvalue weighted by atomic mass is 16.1. The molecule has 1 aromatic rings. The van der Waals surface area contributed by atoms with Crippen molar-refractivity contribution in [3.05, 3.63) is 27.9 Å². The molecule has 1 aliphatic heterocycles. The molecule has 5 heteroatoms. The summed E-state index contributed by atoms with van der Waals surface area (Å²) < 4.78 is 0. The molecule has 0 bridgehead atoms. The Balaban J connectivity index is 2.29. The molecule has 0 amide bonds. The molecular weight excluding hydrogens is 252 g/mol. The molecule has 112 valence electrons. The maximum atomic E-state index is 11.9. The van der Waals surface area contributed by atoms with E-state index in [0.29, 0.717) is 5.92 Å². The Labute approximate surface area is 121 Å². The minimum atomic E-state index is -0.0362. The average Bonchev–Trinajstić information content (AvgIpc) is 2.49. The molecule has 1 aromatic heterocycles. The quantitative estimate of drug-likeness (QED) is 0.905. The molecule has 0 aliphatic carbocycles. The zero-order valence-electron chi connectivity index (χ0n) is 13.0. The average molecular weight is 278 g/mol. The number of hydrogen-bond donors (Lipinski definition) is 1. The van der Waals surface area contributed by atoms with Crippen LogP contribution < -0.4 is 5.56 Å². The Morgan fingerprint density at radius 3 is 2.85 bits per heavy atom. The van der Waals surface area contributed by atoms with Gasteiger partial charge in [-0.2, -0.15) is 0 Å². The predicted molar refractivity (Wildman–Crippen MR) is 80.9 cm³/mol. The van der Waals surface area contributed by atoms with E-state index in [9.17, 15) is 4.79 Å². The number of nitrogens with zero attached hydrogens (tertiary/aromatic N) is 3. The van der Waals surface area contributed by atoms with Crippen LogP contribution in [0.5, 0.6) is 0 Å². The van der Waals surface area contributed by atoms with Gasteiger partial charge in [0.2, 0.25) is 0 Å². The Bertz CT molecular complexity index is 497. The predicted octanol–water partition coefficient (Wildman–Crippen LogP) is 1.28. The number of nitrogens with one attached hydrogen (secondary N) is 1. The minimum Gasteiger partial charge on any atom is -0.309 e. The van der Waals surface area contributed by atoms with Crippen LogP contribution in [0.4, 0.5) is 0 Å². The number of H-pyrrole nitrogens is 1. The Morgan fingerprint density at radius 1 is 1.40 bits per heavy atom. The van der Waals surface area contributed by atoms with Crippen LogP contribution >= 0.6 is 0 Å². The third-order valence-electron chi connectivity index (χ3n) is 3.81. The first kappa shape index (κ1) is 15.2. The molecule has 0 saturated carbocycles. The van der Waals surface area contributed by atoms with Crippen molar-refractivity contribution in [2.45, 2.75) is 32.7 Å². The molecular formula is C15H26N4O. The van der Waals surface area contributed by atoms with E-state index in [1.807, 2.05) is 0 Å². The van der Waals surface area contributed by atoms with Crippen LogP contribution in [0.2, 0.25) is 0 Å². The molecule has 1 N–H and O–H groups in total. The summed E-state index contributed by atoms with van der Waals surface area (Å²) in [6.07, 6.45) is 2.00. The summed E-state index contributed by atoms with van der Waals surface area (Å²) in [5.74, 6) is 1.32. The lowest BCUT2D eigenvalue weighted by Crippen LogP contribution is -2.33. The molecule has 2 rings (SSSR count). The molecule has 5 nitrogen and oxygen atoms in total. The summed E-state index contributed by atoms with van der Waals surface area (Å²) in [6.45, 7) is 7.33. The topological polar surface area (TPSA) is 52.2 Å². The Morgan fingerprint density at radius 2 is 2.15 bits per heavy atom. The monoisotopic (exact) mass is 278 g/mol. The van der Waals surface area contributed by atoms with Gasteiger partial charge in [-0.25, -0.2) is 4.98 Å². The summed E-state index contributed by atoms with van der Waals surface area (Å²) in [7, 11) is 4.24. The van der Waals surface area contributed by atoms with Gasteiger partial charge in [-0.1, -0.05) is 13.8 Å². The van der Waals surface area contributed by atoms with E-state index < -0.39 is 0 Å². The lowest BCUT2D eigenvalue weighted by Gasteiger charge is -2.26. The van der Waals surface area contributed by atoms with E-state index in [0.717, 1.165) is 44.0 Å². The summed E-state index contributed by atoms with van der Waals surface area (Å²) in [4.78, 5) is 24.1. The Kier molecular flexibility index (Phi) is 4.94. The van der Waals surface area contributed by atoms with Crippen molar-refractivity contribution in [3.8, 4) is 0 Å². The number of likely N-dealkylation sites (N-methyl/N-ethyl adjacent to an activating group) is 2. The molecule has 0 aromatic carbocycles. The highest BCUT2D eigenvalue weighted by molar-refractivity contribution is 5.07. The summed E-state index contributed by atoms with van der Waals surface area (Å²) in [5, 5.41) is 0. The molecule has 1 unspecified atom stereocenters. The van der Waals surface area contributed by atoms with Crippen molar-refractivity contribution >= 4 is 0 Å². The molecule has 1 atom stereocenters. The number of hydrogen-bond acceptors (Lipinski definition) is 4. The van der Waals surface area contributed by atoms with Crippen molar-refractivity contribution in [1.82, 2.24) is 19.8 Å². The lowest BCUT2D eigenvalue weighted by molar-refractivity contribution is 0.219. The maximum absolute atomic E-state index is 11.9. The zero-order chi connectivity index (χ0) is 14.7. The van der Waals surface area contributed by atoms with Crippen LogP contribution in [0, 0.1) is 5.92 Å². The van der Waals surface area contributed by atoms with Gasteiger partial charge in [0.05, 0.1) is 6.04 Å². The normalized spacial score (nSPS) is 22.1. The van der Waals surface area contributed by atoms with Gasteiger partial charge in [-0.05, 0) is 45.9 Å². The van der Waals surface area contributed by atoms with E-state index >= 15 is 0 Å². The fourth-order valence-electron chi connectivity index (χ4n) is 2.78. The van der Waals surface area contributed by atoms with E-state index in [1.165, 1.54) is 0 Å². The van der Waals surface area contributed by atoms with Gasteiger partial charge in [-0.15, -0.1) is 0 Å². The van der Waals surface area contributed by atoms with Gasteiger partial charge in [0.25, 0.3) is 5.56 Å². The van der Waals surface area contributed by atoms with Gasteiger partial charge in [0, 0.05) is 18.3 Å². The van der Waals surface area contributed by atoms with Crippen molar-refractivity contribution in [2.24, 2.45) is 5.92 Å². The van der Waals surface area contributed by atoms with Gasteiger partial charge in [0.1, 0.15) is 5.82 Å². The van der Waals surface area contributed by atoms with Crippen molar-refractivity contribution < 1.29 is 0 Å². The number of aromatic amines is 1. The lowest BCUT2D eigenvalue weighted by atomic mass is 10.1. The van der Waals surface area contributed by atoms with Crippen molar-refractivity contribution in [2.75, 3.05) is 33.7 Å². The second-order valence-corrected chi connectivity index (χ2v) is 6.33. The largest absolute Gasteiger partial charge is 0.309 e. The molecule has 20 heavy (non-hydrogen) atoms. The van der Waals surface area contributed by atoms with E-state index in [4.69, 9.17) is 4.98 Å². The first-order valence-corrected chi connectivity index (χ1v) is 7.44. The van der Waals surface area contributed by atoms with Crippen LogP contribution in [0.1, 0.15) is 37.8 Å². The molecule has 0 radical (unpaired) electrons. The third-order valence-corrected chi connectivity index (χ3v) is 3.81. The van der Waals surface area contributed by atoms with Gasteiger partial charge in [0.15, 0.2) is 0 Å². The van der Waals surface area contributed by atoms with E-state index in [2.05, 4.69) is 42.7 Å². The number of aromatic nitrogens is 2. The summed E-state index contributed by atoms with van der Waals surface area (Å²) in [6, 6.07) is 1.80. The van der Waals surface area contributed by atoms with Crippen molar-refractivity contribution in [3.63, 3.8) is 0 Å². The second kappa shape index (κ2) is 6.50. The van der Waals surface area contributed by atoms with Gasteiger partial charge >= 0.3 is 0 Å². The fourth-order valence-corrected chi connectivity index (χ4v) is 2.78. The molecule has 2 heterocycles. The summed E-state index contributed by atoms with van der Waals surface area (Å²) in [5.41, 5.74) is 0.866. The molecule has 1 fully saturated rings. The SMILES string of the molecule is CC(C)Cc1cc(=O)[nH]c(C2CN(C)CCCN2C)n1. The zero-order valence-corrected chi connectivity index (χ0v) is 13.0. The van der Waals surface area contributed by atoms with Crippen LogP contribution in [-0.2, 0) is 6.42 Å². The van der Waals surface area contributed by atoms with Crippen LogP contribution in [0.3, 0.4) is 0 Å². The van der Waals surface area contributed by atoms with Crippen LogP contribution in [0.25, 0.3) is 0 Å². The highest BCUT2D eigenvalue weighted by Gasteiger charge is 2.24. The first-order valence-electron chi connectivity index (χ1n) is 7.44. The van der Waals surface area contributed by atoms with E-state index in [1.54, 1.807) is 6.07 Å². The first-order chi connectivity index (χ1) is 9.45.